The van der Waals surface area contributed by atoms with Gasteiger partial charge >= 0.3 is 0 Å². The Bertz CT molecular complexity index is 627. The van der Waals surface area contributed by atoms with E-state index < -0.39 is 11.6 Å². The number of nitrogens with one attached hydrogen (secondary N) is 1. The molecule has 1 atom stereocenters. The van der Waals surface area contributed by atoms with Crippen molar-refractivity contribution in [1.29, 1.82) is 0 Å². The Balaban J connectivity index is 1.74. The van der Waals surface area contributed by atoms with Crippen LogP contribution in [0.3, 0.4) is 0 Å². The number of rotatable bonds is 6. The quantitative estimate of drug-likeness (QED) is 0.888. The van der Waals surface area contributed by atoms with Gasteiger partial charge in [0.1, 0.15) is 0 Å². The molecule has 1 N–H and O–H groups in total. The molecule has 1 aliphatic heterocycles. The van der Waals surface area contributed by atoms with Crippen LogP contribution in [0, 0.1) is 17.6 Å². The van der Waals surface area contributed by atoms with Gasteiger partial charge in [0.25, 0.3) is 0 Å². The molecule has 0 radical (unpaired) electrons. The third kappa shape index (κ3) is 4.33. The number of aromatic nitrogens is 1. The third-order valence-corrected chi connectivity index (χ3v) is 4.23. The van der Waals surface area contributed by atoms with Crippen molar-refractivity contribution in [3.05, 3.63) is 65.5 Å². The van der Waals surface area contributed by atoms with Crippen LogP contribution in [0.15, 0.2) is 42.7 Å². The van der Waals surface area contributed by atoms with Gasteiger partial charge < -0.3 is 5.32 Å². The Labute approximate surface area is 135 Å². The molecule has 122 valence electrons. The number of hydrogen-bond donors (Lipinski definition) is 1. The molecule has 2 heterocycles. The summed E-state index contributed by atoms with van der Waals surface area (Å²) in [5, 5.41) is 3.35. The normalized spacial score (nSPS) is 17.8. The highest BCUT2D eigenvalue weighted by Gasteiger charge is 2.20. The second-order valence-corrected chi connectivity index (χ2v) is 6.10. The van der Waals surface area contributed by atoms with Gasteiger partial charge in [-0.05, 0) is 43.1 Å². The fraction of sp³-hybridized carbons (Fsp3) is 0.389. The van der Waals surface area contributed by atoms with E-state index in [0.717, 1.165) is 37.7 Å². The van der Waals surface area contributed by atoms with Crippen LogP contribution in [0.25, 0.3) is 0 Å². The van der Waals surface area contributed by atoms with Gasteiger partial charge in [-0.25, -0.2) is 8.78 Å². The fourth-order valence-electron chi connectivity index (χ4n) is 3.08. The number of pyridine rings is 1. The molecule has 1 saturated heterocycles. The van der Waals surface area contributed by atoms with Gasteiger partial charge in [0.15, 0.2) is 11.6 Å². The smallest absolute Gasteiger partial charge is 0.163 e. The van der Waals surface area contributed by atoms with E-state index in [1.807, 2.05) is 18.3 Å². The minimum Gasteiger partial charge on any atom is -0.316 e. The van der Waals surface area contributed by atoms with Crippen molar-refractivity contribution in [3.63, 3.8) is 0 Å². The van der Waals surface area contributed by atoms with Crippen LogP contribution in [0.4, 0.5) is 8.78 Å². The van der Waals surface area contributed by atoms with Crippen molar-refractivity contribution in [1.82, 2.24) is 15.2 Å². The summed E-state index contributed by atoms with van der Waals surface area (Å²) in [5.74, 6) is -0.983. The van der Waals surface area contributed by atoms with Gasteiger partial charge in [-0.3, -0.25) is 9.88 Å². The monoisotopic (exact) mass is 317 g/mol. The van der Waals surface area contributed by atoms with Crippen molar-refractivity contribution in [2.75, 3.05) is 19.6 Å². The summed E-state index contributed by atoms with van der Waals surface area (Å²) < 4.78 is 27.4. The number of hydrogen-bond acceptors (Lipinski definition) is 3. The predicted octanol–water partition coefficient (Wildman–Crippen LogP) is 2.97. The molecule has 0 unspecified atom stereocenters. The SMILES string of the molecule is Fc1cccc(CN(Cc2cccnc2)C[C@@H]2CCNC2)c1F. The molecule has 3 nitrogen and oxygen atoms in total. The molecule has 0 aliphatic carbocycles. The Hall–Kier alpha value is -1.85. The van der Waals surface area contributed by atoms with Gasteiger partial charge in [-0.1, -0.05) is 18.2 Å². The van der Waals surface area contributed by atoms with Crippen molar-refractivity contribution in [2.45, 2.75) is 19.5 Å². The molecule has 5 heteroatoms. The maximum atomic E-state index is 14.0. The zero-order chi connectivity index (χ0) is 16.1. The molecular formula is C18H21F2N3. The zero-order valence-electron chi connectivity index (χ0n) is 13.0. The zero-order valence-corrected chi connectivity index (χ0v) is 13.0. The first-order valence-corrected chi connectivity index (χ1v) is 7.97. The lowest BCUT2D eigenvalue weighted by Crippen LogP contribution is -2.30. The van der Waals surface area contributed by atoms with E-state index in [-0.39, 0.29) is 0 Å². The molecule has 1 fully saturated rings. The predicted molar refractivity (Wildman–Crippen MR) is 85.7 cm³/mol. The highest BCUT2D eigenvalue weighted by Crippen LogP contribution is 2.18. The van der Waals surface area contributed by atoms with Gasteiger partial charge in [-0.15, -0.1) is 0 Å². The van der Waals surface area contributed by atoms with Crippen molar-refractivity contribution in [3.8, 4) is 0 Å². The first-order valence-electron chi connectivity index (χ1n) is 7.97. The molecule has 0 saturated carbocycles. The molecule has 3 rings (SSSR count). The lowest BCUT2D eigenvalue weighted by Gasteiger charge is -2.25. The van der Waals surface area contributed by atoms with Crippen LogP contribution < -0.4 is 5.32 Å². The number of nitrogens with zero attached hydrogens (tertiary/aromatic N) is 2. The van der Waals surface area contributed by atoms with E-state index in [1.165, 1.54) is 0 Å². The maximum absolute atomic E-state index is 14.0. The van der Waals surface area contributed by atoms with Crippen LogP contribution in [-0.2, 0) is 13.1 Å². The summed E-state index contributed by atoms with van der Waals surface area (Å²) >= 11 is 0. The maximum Gasteiger partial charge on any atom is 0.163 e. The second-order valence-electron chi connectivity index (χ2n) is 6.10. The molecule has 1 aromatic carbocycles. The van der Waals surface area contributed by atoms with Crippen LogP contribution >= 0.6 is 0 Å². The molecule has 23 heavy (non-hydrogen) atoms. The second kappa shape index (κ2) is 7.62. The summed E-state index contributed by atoms with van der Waals surface area (Å²) in [6, 6.07) is 8.28. The van der Waals surface area contributed by atoms with Crippen LogP contribution in [0.2, 0.25) is 0 Å². The van der Waals surface area contributed by atoms with E-state index in [0.29, 0.717) is 24.6 Å². The Morgan fingerprint density at radius 3 is 2.83 bits per heavy atom. The Kier molecular flexibility index (Phi) is 5.31. The fourth-order valence-corrected chi connectivity index (χ4v) is 3.08. The van der Waals surface area contributed by atoms with E-state index in [9.17, 15) is 8.78 Å². The molecule has 1 aliphatic rings. The first kappa shape index (κ1) is 16.0. The van der Waals surface area contributed by atoms with Crippen molar-refractivity contribution < 1.29 is 8.78 Å². The lowest BCUT2D eigenvalue weighted by atomic mass is 10.1. The highest BCUT2D eigenvalue weighted by molar-refractivity contribution is 5.19. The molecule has 2 aromatic rings. The third-order valence-electron chi connectivity index (χ3n) is 4.23. The summed E-state index contributed by atoms with van der Waals surface area (Å²) in [4.78, 5) is 6.31. The summed E-state index contributed by atoms with van der Waals surface area (Å²) in [7, 11) is 0. The molecular weight excluding hydrogens is 296 g/mol. The summed E-state index contributed by atoms with van der Waals surface area (Å²) in [6.45, 7) is 3.95. The van der Waals surface area contributed by atoms with E-state index in [1.54, 1.807) is 18.3 Å². The Morgan fingerprint density at radius 1 is 1.17 bits per heavy atom. The highest BCUT2D eigenvalue weighted by atomic mass is 19.2. The molecule has 1 aromatic heterocycles. The molecule has 0 amide bonds. The average Bonchev–Trinajstić information content (AvgIpc) is 3.06. The van der Waals surface area contributed by atoms with Gasteiger partial charge in [0.05, 0.1) is 0 Å². The molecule has 0 spiro atoms. The van der Waals surface area contributed by atoms with Gasteiger partial charge in [0.2, 0.25) is 0 Å². The van der Waals surface area contributed by atoms with Crippen LogP contribution in [-0.4, -0.2) is 29.5 Å². The summed E-state index contributed by atoms with van der Waals surface area (Å²) in [5.41, 5.74) is 1.48. The first-order chi connectivity index (χ1) is 11.2. The van der Waals surface area contributed by atoms with Crippen molar-refractivity contribution in [2.24, 2.45) is 5.92 Å². The minimum atomic E-state index is -0.786. The van der Waals surface area contributed by atoms with Gasteiger partial charge in [-0.2, -0.15) is 0 Å². The van der Waals surface area contributed by atoms with E-state index in [4.69, 9.17) is 0 Å². The number of benzene rings is 1. The topological polar surface area (TPSA) is 28.2 Å². The molecule has 0 bridgehead atoms. The van der Waals surface area contributed by atoms with E-state index >= 15 is 0 Å². The van der Waals surface area contributed by atoms with Crippen LogP contribution in [0.5, 0.6) is 0 Å². The minimum absolute atomic E-state index is 0.398. The van der Waals surface area contributed by atoms with Crippen molar-refractivity contribution >= 4 is 0 Å². The number of halogens is 2. The largest absolute Gasteiger partial charge is 0.316 e. The summed E-state index contributed by atoms with van der Waals surface area (Å²) in [6.07, 6.45) is 4.68. The Morgan fingerprint density at radius 2 is 2.09 bits per heavy atom. The van der Waals surface area contributed by atoms with E-state index in [2.05, 4.69) is 15.2 Å². The standard InChI is InChI=1S/C18H21F2N3/c19-17-5-1-4-16(18(17)20)13-23(12-15-6-8-22-10-15)11-14-3-2-7-21-9-14/h1-5,7,9,15,22H,6,8,10-13H2/t15-/m1/s1. The average molecular weight is 317 g/mol. The van der Waals surface area contributed by atoms with Crippen LogP contribution in [0.1, 0.15) is 17.5 Å². The van der Waals surface area contributed by atoms with Gasteiger partial charge in [0, 0.05) is 37.6 Å². The lowest BCUT2D eigenvalue weighted by molar-refractivity contribution is 0.217.